The molecule has 2 heterocycles. The van der Waals surface area contributed by atoms with Gasteiger partial charge in [-0.3, -0.25) is 4.79 Å². The third kappa shape index (κ3) is 4.07. The van der Waals surface area contributed by atoms with Crippen LogP contribution in [0.3, 0.4) is 0 Å². The molecule has 5 rings (SSSR count). The largest absolute Gasteiger partial charge is 0.457 e. The molecule has 162 valence electrons. The number of hydrogen-bond donors (Lipinski definition) is 3. The molecule has 0 spiro atoms. The van der Waals surface area contributed by atoms with Gasteiger partial charge >= 0.3 is 0 Å². The smallest absolute Gasteiger partial charge is 0.196 e. The Morgan fingerprint density at radius 3 is 2.69 bits per heavy atom. The fraction of sp³-hybridized carbons (Fsp3) is 0.200. The van der Waals surface area contributed by atoms with Gasteiger partial charge in [0.25, 0.3) is 0 Å². The van der Waals surface area contributed by atoms with Crippen LogP contribution in [0, 0.1) is 0 Å². The first-order chi connectivity index (χ1) is 15.6. The van der Waals surface area contributed by atoms with Crippen molar-refractivity contribution in [2.75, 3.05) is 5.32 Å². The van der Waals surface area contributed by atoms with Crippen molar-refractivity contribution in [3.63, 3.8) is 0 Å². The first-order valence-corrected chi connectivity index (χ1v) is 11.0. The highest BCUT2D eigenvalue weighted by molar-refractivity contribution is 6.35. The molecule has 0 aliphatic heterocycles. The van der Waals surface area contributed by atoms with Crippen molar-refractivity contribution in [3.05, 3.63) is 83.1 Å². The SMILES string of the molecule is N[C@@H]1CC[C@@H](Nc2ccnc3[nH]cc(C(=O)c4ccc(Oc5ccccc5)cc4Cl)c23)C1. The van der Waals surface area contributed by atoms with Gasteiger partial charge in [-0.05, 0) is 49.6 Å². The van der Waals surface area contributed by atoms with Gasteiger partial charge in [-0.25, -0.2) is 4.98 Å². The molecule has 7 heteroatoms. The standard InChI is InChI=1S/C25H23ClN4O2/c26-21-13-18(32-17-4-2-1-3-5-17)8-9-19(21)24(31)20-14-29-25-23(20)22(10-11-28-25)30-16-7-6-15(27)12-16/h1-5,8-11,13-16H,6-7,12,27H2,(H2,28,29,30)/t15-,16-/m1/s1. The Hall–Kier alpha value is -3.35. The second kappa shape index (κ2) is 8.65. The summed E-state index contributed by atoms with van der Waals surface area (Å²) in [6, 6.07) is 16.9. The highest BCUT2D eigenvalue weighted by Gasteiger charge is 2.24. The van der Waals surface area contributed by atoms with E-state index in [0.29, 0.717) is 33.3 Å². The number of ketones is 1. The number of aromatic amines is 1. The summed E-state index contributed by atoms with van der Waals surface area (Å²) in [5.41, 5.74) is 8.53. The average molecular weight is 447 g/mol. The fourth-order valence-electron chi connectivity index (χ4n) is 4.24. The number of anilines is 1. The molecule has 32 heavy (non-hydrogen) atoms. The summed E-state index contributed by atoms with van der Waals surface area (Å²) < 4.78 is 5.82. The first-order valence-electron chi connectivity index (χ1n) is 10.6. The van der Waals surface area contributed by atoms with E-state index < -0.39 is 0 Å². The van der Waals surface area contributed by atoms with Crippen molar-refractivity contribution in [1.29, 1.82) is 0 Å². The van der Waals surface area contributed by atoms with Crippen LogP contribution in [0.5, 0.6) is 11.5 Å². The number of nitrogens with zero attached hydrogens (tertiary/aromatic N) is 1. The summed E-state index contributed by atoms with van der Waals surface area (Å²) in [5, 5.41) is 4.65. The second-order valence-corrected chi connectivity index (χ2v) is 8.49. The van der Waals surface area contributed by atoms with Gasteiger partial charge < -0.3 is 20.8 Å². The van der Waals surface area contributed by atoms with E-state index in [9.17, 15) is 4.79 Å². The van der Waals surface area contributed by atoms with Crippen LogP contribution in [0.1, 0.15) is 35.2 Å². The average Bonchev–Trinajstić information content (AvgIpc) is 3.41. The number of benzene rings is 2. The molecule has 1 aliphatic carbocycles. The summed E-state index contributed by atoms with van der Waals surface area (Å²) in [6.07, 6.45) is 6.33. The van der Waals surface area contributed by atoms with Crippen molar-refractivity contribution >= 4 is 34.1 Å². The maximum Gasteiger partial charge on any atom is 0.196 e. The second-order valence-electron chi connectivity index (χ2n) is 8.08. The van der Waals surface area contributed by atoms with Crippen molar-refractivity contribution in [3.8, 4) is 11.5 Å². The Morgan fingerprint density at radius 1 is 1.09 bits per heavy atom. The molecule has 0 radical (unpaired) electrons. The molecular formula is C25H23ClN4O2. The first kappa shape index (κ1) is 20.5. The Labute approximate surface area is 190 Å². The topological polar surface area (TPSA) is 93.0 Å². The zero-order valence-corrected chi connectivity index (χ0v) is 18.1. The minimum Gasteiger partial charge on any atom is -0.457 e. The molecule has 1 aliphatic rings. The quantitative estimate of drug-likeness (QED) is 0.338. The van der Waals surface area contributed by atoms with Crippen molar-refractivity contribution in [2.45, 2.75) is 31.3 Å². The lowest BCUT2D eigenvalue weighted by Crippen LogP contribution is -2.21. The predicted octanol–water partition coefficient (Wildman–Crippen LogP) is 5.53. The van der Waals surface area contributed by atoms with Crippen LogP contribution in [0.25, 0.3) is 11.0 Å². The molecule has 0 unspecified atom stereocenters. The molecule has 1 saturated carbocycles. The Kier molecular flexibility index (Phi) is 5.55. The molecule has 0 saturated heterocycles. The zero-order valence-electron chi connectivity index (χ0n) is 17.3. The van der Waals surface area contributed by atoms with E-state index in [2.05, 4.69) is 15.3 Å². The van der Waals surface area contributed by atoms with E-state index in [-0.39, 0.29) is 17.9 Å². The van der Waals surface area contributed by atoms with E-state index in [0.717, 1.165) is 30.3 Å². The van der Waals surface area contributed by atoms with Crippen molar-refractivity contribution in [2.24, 2.45) is 5.73 Å². The lowest BCUT2D eigenvalue weighted by atomic mass is 10.0. The number of carbonyl (C=O) groups is 1. The number of aromatic nitrogens is 2. The molecule has 0 amide bonds. The molecule has 6 nitrogen and oxygen atoms in total. The predicted molar refractivity (Wildman–Crippen MR) is 127 cm³/mol. The summed E-state index contributed by atoms with van der Waals surface area (Å²) in [6.45, 7) is 0. The van der Waals surface area contributed by atoms with Gasteiger partial charge in [0.2, 0.25) is 0 Å². The van der Waals surface area contributed by atoms with Crippen LogP contribution in [-0.2, 0) is 0 Å². The van der Waals surface area contributed by atoms with Gasteiger partial charge in [0.05, 0.1) is 16.0 Å². The van der Waals surface area contributed by atoms with Gasteiger partial charge in [0.15, 0.2) is 5.78 Å². The minimum atomic E-state index is -0.174. The van der Waals surface area contributed by atoms with E-state index in [1.54, 1.807) is 30.6 Å². The number of halogens is 1. The molecule has 4 aromatic rings. The number of pyridine rings is 1. The number of nitrogens with one attached hydrogen (secondary N) is 2. The Bertz CT molecular complexity index is 1270. The summed E-state index contributed by atoms with van der Waals surface area (Å²) in [7, 11) is 0. The van der Waals surface area contributed by atoms with Crippen LogP contribution in [0.4, 0.5) is 5.69 Å². The number of para-hydroxylation sites is 1. The highest BCUT2D eigenvalue weighted by Crippen LogP contribution is 2.33. The zero-order chi connectivity index (χ0) is 22.1. The molecule has 2 aromatic carbocycles. The highest BCUT2D eigenvalue weighted by atomic mass is 35.5. The number of hydrogen-bond acceptors (Lipinski definition) is 5. The Morgan fingerprint density at radius 2 is 1.94 bits per heavy atom. The van der Waals surface area contributed by atoms with Gasteiger partial charge in [0.1, 0.15) is 17.1 Å². The molecule has 1 fully saturated rings. The maximum atomic E-state index is 13.4. The van der Waals surface area contributed by atoms with E-state index in [1.165, 1.54) is 0 Å². The number of rotatable bonds is 6. The lowest BCUT2D eigenvalue weighted by molar-refractivity contribution is 0.104. The van der Waals surface area contributed by atoms with Crippen LogP contribution in [-0.4, -0.2) is 27.8 Å². The van der Waals surface area contributed by atoms with Gasteiger partial charge in [-0.1, -0.05) is 29.8 Å². The third-order valence-corrected chi connectivity index (χ3v) is 6.13. The molecule has 2 atom stereocenters. The molecule has 0 bridgehead atoms. The van der Waals surface area contributed by atoms with E-state index in [1.807, 2.05) is 36.4 Å². The summed E-state index contributed by atoms with van der Waals surface area (Å²) in [4.78, 5) is 20.9. The van der Waals surface area contributed by atoms with Crippen molar-refractivity contribution < 1.29 is 9.53 Å². The van der Waals surface area contributed by atoms with Crippen molar-refractivity contribution in [1.82, 2.24) is 9.97 Å². The monoisotopic (exact) mass is 446 g/mol. The van der Waals surface area contributed by atoms with Crippen LogP contribution < -0.4 is 15.8 Å². The maximum absolute atomic E-state index is 13.4. The van der Waals surface area contributed by atoms with Gasteiger partial charge in [-0.15, -0.1) is 0 Å². The number of nitrogens with two attached hydrogens (primary N) is 1. The Balaban J connectivity index is 1.44. The third-order valence-electron chi connectivity index (χ3n) is 5.82. The van der Waals surface area contributed by atoms with Gasteiger partial charge in [-0.2, -0.15) is 0 Å². The van der Waals surface area contributed by atoms with Gasteiger partial charge in [0, 0.05) is 41.8 Å². The molecular weight excluding hydrogens is 424 g/mol. The van der Waals surface area contributed by atoms with Crippen LogP contribution in [0.2, 0.25) is 5.02 Å². The lowest BCUT2D eigenvalue weighted by Gasteiger charge is -2.15. The van der Waals surface area contributed by atoms with Crippen LogP contribution >= 0.6 is 11.6 Å². The number of carbonyl (C=O) groups excluding carboxylic acids is 1. The normalized spacial score (nSPS) is 18.1. The minimum absolute atomic E-state index is 0.174. The fourth-order valence-corrected chi connectivity index (χ4v) is 4.49. The van der Waals surface area contributed by atoms with E-state index in [4.69, 9.17) is 22.1 Å². The molecule has 2 aromatic heterocycles. The van der Waals surface area contributed by atoms with E-state index >= 15 is 0 Å². The number of fused-ring (bicyclic) bond motifs is 1. The number of ether oxygens (including phenoxy) is 1. The molecule has 4 N–H and O–H groups in total. The summed E-state index contributed by atoms with van der Waals surface area (Å²) in [5.74, 6) is 1.10. The van der Waals surface area contributed by atoms with Crippen LogP contribution in [0.15, 0.2) is 67.0 Å². The summed E-state index contributed by atoms with van der Waals surface area (Å²) >= 11 is 6.50. The number of H-pyrrole nitrogens is 1.